The molecule has 134 valence electrons. The summed E-state index contributed by atoms with van der Waals surface area (Å²) >= 11 is 0. The highest BCUT2D eigenvalue weighted by Crippen LogP contribution is 2.33. The third-order valence-corrected chi connectivity index (χ3v) is 4.50. The molecule has 2 heterocycles. The van der Waals surface area contributed by atoms with E-state index in [0.29, 0.717) is 32.7 Å². The number of hydrogen-bond acceptors (Lipinski definition) is 4. The zero-order valence-electron chi connectivity index (χ0n) is 14.9. The van der Waals surface area contributed by atoms with Crippen molar-refractivity contribution in [1.82, 2.24) is 14.5 Å². The Bertz CT molecular complexity index is 726. The molecule has 6 heteroatoms. The molecule has 0 atom stereocenters. The Morgan fingerprint density at radius 1 is 1.40 bits per heavy atom. The van der Waals surface area contributed by atoms with E-state index in [1.165, 1.54) is 0 Å². The fourth-order valence-corrected chi connectivity index (χ4v) is 3.17. The second kappa shape index (κ2) is 8.05. The highest BCUT2D eigenvalue weighted by atomic mass is 16.5. The van der Waals surface area contributed by atoms with Gasteiger partial charge in [-0.1, -0.05) is 19.1 Å². The van der Waals surface area contributed by atoms with Gasteiger partial charge in [-0.25, -0.2) is 4.98 Å². The number of imidazole rings is 1. The summed E-state index contributed by atoms with van der Waals surface area (Å²) < 4.78 is 13.3. The molecule has 1 aliphatic heterocycles. The summed E-state index contributed by atoms with van der Waals surface area (Å²) in [5, 5.41) is 0. The minimum absolute atomic E-state index is 0.159. The van der Waals surface area contributed by atoms with Crippen LogP contribution in [0.3, 0.4) is 0 Å². The van der Waals surface area contributed by atoms with E-state index in [4.69, 9.17) is 9.47 Å². The molecule has 0 radical (unpaired) electrons. The molecule has 6 nitrogen and oxygen atoms in total. The molecule has 25 heavy (non-hydrogen) atoms. The third kappa shape index (κ3) is 3.95. The van der Waals surface area contributed by atoms with Crippen LogP contribution in [0.5, 0.6) is 11.5 Å². The Morgan fingerprint density at radius 2 is 2.28 bits per heavy atom. The minimum atomic E-state index is 0.159. The second-order valence-corrected chi connectivity index (χ2v) is 6.11. The highest BCUT2D eigenvalue weighted by Gasteiger charge is 2.20. The van der Waals surface area contributed by atoms with Gasteiger partial charge in [0, 0.05) is 50.4 Å². The molecule has 0 bridgehead atoms. The van der Waals surface area contributed by atoms with Gasteiger partial charge in [-0.05, 0) is 12.5 Å². The number of methoxy groups -OCH3 is 1. The summed E-state index contributed by atoms with van der Waals surface area (Å²) in [5.74, 6) is 2.65. The molecule has 2 aromatic rings. The van der Waals surface area contributed by atoms with Crippen molar-refractivity contribution in [1.29, 1.82) is 0 Å². The third-order valence-electron chi connectivity index (χ3n) is 4.50. The van der Waals surface area contributed by atoms with Gasteiger partial charge in [0.15, 0.2) is 11.5 Å². The molecular formula is C19H25N3O3. The first-order valence-corrected chi connectivity index (χ1v) is 8.79. The van der Waals surface area contributed by atoms with Crippen LogP contribution in [0.25, 0.3) is 0 Å². The number of carbonyl (C=O) groups excluding carboxylic acids is 1. The van der Waals surface area contributed by atoms with Crippen molar-refractivity contribution in [3.8, 4) is 11.5 Å². The number of carbonyl (C=O) groups is 1. The van der Waals surface area contributed by atoms with Gasteiger partial charge in [-0.2, -0.15) is 0 Å². The monoisotopic (exact) mass is 343 g/mol. The van der Waals surface area contributed by atoms with E-state index in [2.05, 4.69) is 16.5 Å². The number of aryl methyl sites for hydroxylation is 2. The van der Waals surface area contributed by atoms with E-state index in [1.54, 1.807) is 13.3 Å². The quantitative estimate of drug-likeness (QED) is 0.837. The molecule has 1 aromatic carbocycles. The van der Waals surface area contributed by atoms with Crippen LogP contribution >= 0.6 is 0 Å². The number of nitrogens with zero attached hydrogens (tertiary/aromatic N) is 3. The molecule has 0 N–H and O–H groups in total. The van der Waals surface area contributed by atoms with Crippen LogP contribution < -0.4 is 9.47 Å². The SMILES string of the molecule is CCc1nccn1CCC(=O)N1CCCOc2c(cccc2OC)C1. The molecule has 0 fully saturated rings. The zero-order chi connectivity index (χ0) is 17.6. The van der Waals surface area contributed by atoms with Crippen LogP contribution in [0.15, 0.2) is 30.6 Å². The van der Waals surface area contributed by atoms with Crippen molar-refractivity contribution in [3.05, 3.63) is 42.0 Å². The lowest BCUT2D eigenvalue weighted by Crippen LogP contribution is -2.34. The number of rotatable bonds is 5. The summed E-state index contributed by atoms with van der Waals surface area (Å²) in [6.07, 6.45) is 5.89. The first-order valence-electron chi connectivity index (χ1n) is 8.79. The van der Waals surface area contributed by atoms with Gasteiger partial charge in [0.1, 0.15) is 5.82 Å². The lowest BCUT2D eigenvalue weighted by atomic mass is 10.1. The van der Waals surface area contributed by atoms with E-state index in [0.717, 1.165) is 35.7 Å². The maximum absolute atomic E-state index is 12.7. The van der Waals surface area contributed by atoms with E-state index in [9.17, 15) is 4.79 Å². The van der Waals surface area contributed by atoms with Crippen LogP contribution in [0.1, 0.15) is 31.2 Å². The Morgan fingerprint density at radius 3 is 3.08 bits per heavy atom. The van der Waals surface area contributed by atoms with Gasteiger partial charge < -0.3 is 18.9 Å². The molecule has 0 unspecified atom stereocenters. The summed E-state index contributed by atoms with van der Waals surface area (Å²) in [6, 6.07) is 5.82. The van der Waals surface area contributed by atoms with Gasteiger partial charge in [0.25, 0.3) is 0 Å². The predicted molar refractivity (Wildman–Crippen MR) is 94.7 cm³/mol. The average Bonchev–Trinajstić information content (AvgIpc) is 3.07. The maximum Gasteiger partial charge on any atom is 0.224 e. The molecule has 1 amide bonds. The molecule has 0 saturated carbocycles. The van der Waals surface area contributed by atoms with E-state index in [-0.39, 0.29) is 5.91 Å². The van der Waals surface area contributed by atoms with E-state index >= 15 is 0 Å². The van der Waals surface area contributed by atoms with Gasteiger partial charge in [-0.3, -0.25) is 4.79 Å². The van der Waals surface area contributed by atoms with Crippen LogP contribution in [0, 0.1) is 0 Å². The second-order valence-electron chi connectivity index (χ2n) is 6.11. The van der Waals surface area contributed by atoms with E-state index in [1.807, 2.05) is 29.3 Å². The Hall–Kier alpha value is -2.50. The lowest BCUT2D eigenvalue weighted by molar-refractivity contribution is -0.132. The van der Waals surface area contributed by atoms with Crippen LogP contribution in [-0.2, 0) is 24.3 Å². The van der Waals surface area contributed by atoms with Crippen molar-refractivity contribution in [2.24, 2.45) is 0 Å². The number of fused-ring (bicyclic) bond motifs is 1. The Kier molecular flexibility index (Phi) is 5.58. The molecule has 3 rings (SSSR count). The predicted octanol–water partition coefficient (Wildman–Crippen LogP) is 2.66. The smallest absolute Gasteiger partial charge is 0.224 e. The number of benzene rings is 1. The minimum Gasteiger partial charge on any atom is -0.493 e. The molecular weight excluding hydrogens is 318 g/mol. The van der Waals surface area contributed by atoms with Crippen LogP contribution in [0.2, 0.25) is 0 Å². The number of para-hydroxylation sites is 1. The Labute approximate surface area is 148 Å². The first-order chi connectivity index (χ1) is 12.2. The van der Waals surface area contributed by atoms with Gasteiger partial charge in [-0.15, -0.1) is 0 Å². The number of aromatic nitrogens is 2. The standard InChI is InChI=1S/C19H25N3O3/c1-3-17-20-9-12-21(17)11-8-18(23)22-10-5-13-25-19-15(14-22)6-4-7-16(19)24-2/h4,6-7,9,12H,3,5,8,10-11,13-14H2,1-2H3. The summed E-state index contributed by atoms with van der Waals surface area (Å²) in [5.41, 5.74) is 0.990. The highest BCUT2D eigenvalue weighted by molar-refractivity contribution is 5.76. The molecule has 1 aliphatic rings. The maximum atomic E-state index is 12.7. The van der Waals surface area contributed by atoms with Gasteiger partial charge >= 0.3 is 0 Å². The molecule has 0 spiro atoms. The van der Waals surface area contributed by atoms with Gasteiger partial charge in [0.05, 0.1) is 13.7 Å². The topological polar surface area (TPSA) is 56.6 Å². The van der Waals surface area contributed by atoms with Crippen molar-refractivity contribution in [2.75, 3.05) is 20.3 Å². The normalized spacial score (nSPS) is 14.2. The molecule has 0 saturated heterocycles. The van der Waals surface area contributed by atoms with Crippen molar-refractivity contribution >= 4 is 5.91 Å². The number of amides is 1. The van der Waals surface area contributed by atoms with Crippen LogP contribution in [0.4, 0.5) is 0 Å². The first kappa shape index (κ1) is 17.3. The average molecular weight is 343 g/mol. The zero-order valence-corrected chi connectivity index (χ0v) is 14.9. The number of ether oxygens (including phenoxy) is 2. The molecule has 1 aromatic heterocycles. The summed E-state index contributed by atoms with van der Waals surface area (Å²) in [7, 11) is 1.64. The fraction of sp³-hybridized carbons (Fsp3) is 0.474. The summed E-state index contributed by atoms with van der Waals surface area (Å²) in [6.45, 7) is 4.58. The fourth-order valence-electron chi connectivity index (χ4n) is 3.17. The van der Waals surface area contributed by atoms with Crippen LogP contribution in [-0.4, -0.2) is 40.6 Å². The summed E-state index contributed by atoms with van der Waals surface area (Å²) in [4.78, 5) is 19.0. The largest absolute Gasteiger partial charge is 0.493 e. The lowest BCUT2D eigenvalue weighted by Gasteiger charge is -2.27. The van der Waals surface area contributed by atoms with E-state index < -0.39 is 0 Å². The Balaban J connectivity index is 1.70. The van der Waals surface area contributed by atoms with Gasteiger partial charge in [0.2, 0.25) is 5.91 Å². The van der Waals surface area contributed by atoms with Crippen molar-refractivity contribution in [3.63, 3.8) is 0 Å². The van der Waals surface area contributed by atoms with Crippen molar-refractivity contribution in [2.45, 2.75) is 39.3 Å². The molecule has 0 aliphatic carbocycles. The number of hydrogen-bond donors (Lipinski definition) is 0. The van der Waals surface area contributed by atoms with Crippen molar-refractivity contribution < 1.29 is 14.3 Å².